The molecule has 232 valence electrons. The lowest BCUT2D eigenvalue weighted by Gasteiger charge is -2.36. The largest absolute Gasteiger partial charge is 0.496 e. The van der Waals surface area contributed by atoms with Gasteiger partial charge in [-0.2, -0.15) is 13.2 Å². The van der Waals surface area contributed by atoms with E-state index in [0.29, 0.717) is 43.2 Å². The summed E-state index contributed by atoms with van der Waals surface area (Å²) >= 11 is 0. The molecule has 7 nitrogen and oxygen atoms in total. The number of para-hydroxylation sites is 1. The number of morpholine rings is 1. The molecule has 43 heavy (non-hydrogen) atoms. The van der Waals surface area contributed by atoms with E-state index >= 15 is 0 Å². The summed E-state index contributed by atoms with van der Waals surface area (Å²) in [7, 11) is 3.75. The van der Waals surface area contributed by atoms with E-state index in [0.717, 1.165) is 69.1 Å². The number of aromatic nitrogens is 2. The van der Waals surface area contributed by atoms with Crippen LogP contribution in [-0.2, 0) is 10.2 Å². The standard InChI is InChI=1S/C33H42F3N5O2/c1-39(17-18-40-19-21-43-22-20-40)25-9-10-28-27(23-25)30(38-31(37-28)32(33(34,35)36)13-5-6-14-32)41-15-11-24(12-16-41)26-7-3-4-8-29(26)42-2/h3-4,7-10,23-24H,5-6,11-22H2,1-2H3. The Labute approximate surface area is 252 Å². The number of methoxy groups -OCH3 is 1. The van der Waals surface area contributed by atoms with Crippen LogP contribution in [0.5, 0.6) is 5.75 Å². The van der Waals surface area contributed by atoms with Gasteiger partial charge in [0.1, 0.15) is 22.8 Å². The highest BCUT2D eigenvalue weighted by Gasteiger charge is 2.59. The molecule has 3 aliphatic rings. The molecule has 1 saturated carbocycles. The first-order valence-electron chi connectivity index (χ1n) is 15.6. The van der Waals surface area contributed by atoms with Crippen molar-refractivity contribution >= 4 is 22.4 Å². The number of halogens is 3. The molecule has 3 aromatic rings. The summed E-state index contributed by atoms with van der Waals surface area (Å²) in [6.07, 6.45) is -1.51. The van der Waals surface area contributed by atoms with E-state index in [-0.39, 0.29) is 18.7 Å². The summed E-state index contributed by atoms with van der Waals surface area (Å²) in [5.41, 5.74) is 0.782. The number of hydrogen-bond acceptors (Lipinski definition) is 7. The number of benzene rings is 2. The highest BCUT2D eigenvalue weighted by atomic mass is 19.4. The van der Waals surface area contributed by atoms with Crippen LogP contribution in [0.3, 0.4) is 0 Å². The van der Waals surface area contributed by atoms with Gasteiger partial charge in [0.15, 0.2) is 0 Å². The van der Waals surface area contributed by atoms with Gasteiger partial charge in [-0.3, -0.25) is 4.90 Å². The average molecular weight is 598 g/mol. The van der Waals surface area contributed by atoms with Crippen molar-refractivity contribution in [2.75, 3.05) is 76.4 Å². The molecule has 1 aromatic heterocycles. The zero-order valence-electron chi connectivity index (χ0n) is 25.2. The first kappa shape index (κ1) is 29.9. The van der Waals surface area contributed by atoms with Crippen molar-refractivity contribution in [1.82, 2.24) is 14.9 Å². The Balaban J connectivity index is 1.33. The van der Waals surface area contributed by atoms with Crippen molar-refractivity contribution in [2.45, 2.75) is 56.0 Å². The van der Waals surface area contributed by atoms with Gasteiger partial charge in [0.05, 0.1) is 25.8 Å². The minimum Gasteiger partial charge on any atom is -0.496 e. The van der Waals surface area contributed by atoms with E-state index in [1.807, 2.05) is 30.3 Å². The fourth-order valence-corrected chi connectivity index (χ4v) is 7.06. The summed E-state index contributed by atoms with van der Waals surface area (Å²) in [6, 6.07) is 14.0. The summed E-state index contributed by atoms with van der Waals surface area (Å²) in [6.45, 7) is 6.53. The van der Waals surface area contributed by atoms with E-state index in [1.54, 1.807) is 7.11 Å². The molecule has 0 radical (unpaired) electrons. The van der Waals surface area contributed by atoms with E-state index in [9.17, 15) is 13.2 Å². The Kier molecular flexibility index (Phi) is 8.69. The van der Waals surface area contributed by atoms with Gasteiger partial charge in [-0.05, 0) is 61.4 Å². The minimum absolute atomic E-state index is 0.0414. The van der Waals surface area contributed by atoms with Gasteiger partial charge in [0.25, 0.3) is 0 Å². The number of anilines is 2. The summed E-state index contributed by atoms with van der Waals surface area (Å²) in [5.74, 6) is 1.75. The second-order valence-electron chi connectivity index (χ2n) is 12.2. The van der Waals surface area contributed by atoms with Gasteiger partial charge in [-0.25, -0.2) is 9.97 Å². The van der Waals surface area contributed by atoms with Crippen LogP contribution in [0.15, 0.2) is 42.5 Å². The van der Waals surface area contributed by atoms with Crippen LogP contribution in [0.2, 0.25) is 0 Å². The fraction of sp³-hybridized carbons (Fsp3) is 0.576. The lowest BCUT2D eigenvalue weighted by Crippen LogP contribution is -2.42. The molecule has 0 N–H and O–H groups in total. The van der Waals surface area contributed by atoms with E-state index in [2.05, 4.69) is 38.9 Å². The molecule has 10 heteroatoms. The van der Waals surface area contributed by atoms with Crippen molar-refractivity contribution in [3.8, 4) is 5.75 Å². The fourth-order valence-electron chi connectivity index (χ4n) is 7.06. The molecule has 2 aromatic carbocycles. The smallest absolute Gasteiger partial charge is 0.401 e. The van der Waals surface area contributed by atoms with Gasteiger partial charge in [0.2, 0.25) is 0 Å². The zero-order chi connectivity index (χ0) is 30.0. The summed E-state index contributed by atoms with van der Waals surface area (Å²) in [4.78, 5) is 16.2. The average Bonchev–Trinajstić information content (AvgIpc) is 3.56. The van der Waals surface area contributed by atoms with E-state index in [1.165, 1.54) is 5.56 Å². The highest BCUT2D eigenvalue weighted by molar-refractivity contribution is 5.92. The Hall–Kier alpha value is -3.11. The van der Waals surface area contributed by atoms with Crippen molar-refractivity contribution in [2.24, 2.45) is 0 Å². The SMILES string of the molecule is COc1ccccc1C1CCN(c2nc(C3(C(F)(F)F)CCCC3)nc3ccc(N(C)CCN4CCOCC4)cc23)CC1. The maximum absolute atomic E-state index is 14.7. The van der Waals surface area contributed by atoms with Crippen molar-refractivity contribution in [1.29, 1.82) is 0 Å². The van der Waals surface area contributed by atoms with Crippen LogP contribution in [0.1, 0.15) is 55.8 Å². The molecule has 3 fully saturated rings. The second-order valence-corrected chi connectivity index (χ2v) is 12.2. The van der Waals surface area contributed by atoms with Gasteiger partial charge >= 0.3 is 6.18 Å². The normalized spacial score (nSPS) is 20.1. The molecule has 2 aliphatic heterocycles. The molecule has 2 saturated heterocycles. The Morgan fingerprint density at radius 1 is 1.00 bits per heavy atom. The Morgan fingerprint density at radius 2 is 1.72 bits per heavy atom. The molecule has 0 bridgehead atoms. The second kappa shape index (κ2) is 12.5. The van der Waals surface area contributed by atoms with Crippen LogP contribution >= 0.6 is 0 Å². The summed E-state index contributed by atoms with van der Waals surface area (Å²) in [5, 5.41) is 0.811. The molecular formula is C33H42F3N5O2. The molecule has 3 heterocycles. The highest BCUT2D eigenvalue weighted by Crippen LogP contribution is 2.52. The number of alkyl halides is 3. The van der Waals surface area contributed by atoms with Crippen molar-refractivity contribution in [3.63, 3.8) is 0 Å². The molecule has 0 unspecified atom stereocenters. The van der Waals surface area contributed by atoms with Gasteiger partial charge in [0, 0.05) is 57.4 Å². The van der Waals surface area contributed by atoms with Gasteiger partial charge in [-0.1, -0.05) is 31.0 Å². The van der Waals surface area contributed by atoms with Crippen LogP contribution < -0.4 is 14.5 Å². The number of ether oxygens (including phenoxy) is 2. The molecule has 1 aliphatic carbocycles. The Morgan fingerprint density at radius 3 is 2.42 bits per heavy atom. The molecule has 0 spiro atoms. The van der Waals surface area contributed by atoms with Crippen LogP contribution in [-0.4, -0.2) is 87.7 Å². The van der Waals surface area contributed by atoms with Gasteiger partial charge < -0.3 is 19.3 Å². The van der Waals surface area contributed by atoms with Crippen LogP contribution in [0.4, 0.5) is 24.7 Å². The lowest BCUT2D eigenvalue weighted by molar-refractivity contribution is -0.191. The monoisotopic (exact) mass is 597 g/mol. The number of piperidine rings is 1. The van der Waals surface area contributed by atoms with Crippen LogP contribution in [0.25, 0.3) is 10.9 Å². The third-order valence-corrected chi connectivity index (χ3v) is 9.76. The first-order valence-corrected chi connectivity index (χ1v) is 15.6. The maximum Gasteiger partial charge on any atom is 0.401 e. The number of likely N-dealkylation sites (N-methyl/N-ethyl adjacent to an activating group) is 1. The predicted octanol–water partition coefficient (Wildman–Crippen LogP) is 6.16. The van der Waals surface area contributed by atoms with Crippen LogP contribution in [0, 0.1) is 0 Å². The third kappa shape index (κ3) is 6.00. The third-order valence-electron chi connectivity index (χ3n) is 9.76. The topological polar surface area (TPSA) is 54.0 Å². The number of rotatable bonds is 8. The van der Waals surface area contributed by atoms with Crippen molar-refractivity contribution in [3.05, 3.63) is 53.9 Å². The zero-order valence-corrected chi connectivity index (χ0v) is 25.2. The first-order chi connectivity index (χ1) is 20.8. The predicted molar refractivity (Wildman–Crippen MR) is 163 cm³/mol. The molecule has 6 rings (SSSR count). The molecular weight excluding hydrogens is 555 g/mol. The van der Waals surface area contributed by atoms with Gasteiger partial charge in [-0.15, -0.1) is 0 Å². The van der Waals surface area contributed by atoms with Crippen molar-refractivity contribution < 1.29 is 22.6 Å². The number of nitrogens with zero attached hydrogens (tertiary/aromatic N) is 5. The quantitative estimate of drug-likeness (QED) is 0.308. The lowest BCUT2D eigenvalue weighted by atomic mass is 9.84. The number of hydrogen-bond donors (Lipinski definition) is 0. The molecule has 0 amide bonds. The Bertz CT molecular complexity index is 1400. The number of fused-ring (bicyclic) bond motifs is 1. The maximum atomic E-state index is 14.7. The van der Waals surface area contributed by atoms with E-state index in [4.69, 9.17) is 14.5 Å². The van der Waals surface area contributed by atoms with E-state index < -0.39 is 11.6 Å². The minimum atomic E-state index is -4.40. The molecule has 0 atom stereocenters. The summed E-state index contributed by atoms with van der Waals surface area (Å²) < 4.78 is 55.1.